The van der Waals surface area contributed by atoms with Gasteiger partial charge in [0.05, 0.1) is 0 Å². The number of hydrogen-bond acceptors (Lipinski definition) is 3. The van der Waals surface area contributed by atoms with Crippen LogP contribution in [0.3, 0.4) is 0 Å². The first-order valence-electron chi connectivity index (χ1n) is 13.1. The molecule has 2 aliphatic rings. The van der Waals surface area contributed by atoms with E-state index < -0.39 is 8.32 Å². The first-order valence-corrected chi connectivity index (χ1v) is 16.4. The van der Waals surface area contributed by atoms with Crippen molar-refractivity contribution in [3.8, 4) is 0 Å². The zero-order valence-electron chi connectivity index (χ0n) is 21.7. The van der Waals surface area contributed by atoms with Crippen LogP contribution in [-0.2, 0) is 10.8 Å². The predicted molar refractivity (Wildman–Crippen MR) is 147 cm³/mol. The number of hydrogen-bond donors (Lipinski definition) is 1. The lowest BCUT2D eigenvalue weighted by Gasteiger charge is -2.50. The van der Waals surface area contributed by atoms with Crippen molar-refractivity contribution >= 4 is 19.9 Å². The van der Waals surface area contributed by atoms with Crippen LogP contribution in [0.4, 0.5) is 0 Å². The van der Waals surface area contributed by atoms with Crippen LogP contribution in [0, 0.1) is 0 Å². The number of piperidine rings is 2. The fraction of sp³-hybridized carbons (Fsp3) is 0.586. The first kappa shape index (κ1) is 25.9. The van der Waals surface area contributed by atoms with Crippen molar-refractivity contribution < 1.29 is 4.43 Å². The smallest absolute Gasteiger partial charge is 0.192 e. The summed E-state index contributed by atoms with van der Waals surface area (Å²) in [5, 5.41) is 4.72. The second-order valence-electron chi connectivity index (χ2n) is 11.8. The molecule has 1 N–H and O–H groups in total. The molecule has 2 saturated heterocycles. The average Bonchev–Trinajstić information content (AvgIpc) is 2.80. The molecule has 2 aromatic carbocycles. The molecule has 2 aromatic rings. The van der Waals surface area contributed by atoms with Gasteiger partial charge in [0.25, 0.3) is 0 Å². The highest BCUT2D eigenvalue weighted by molar-refractivity contribution is 6.74. The van der Waals surface area contributed by atoms with Crippen LogP contribution in [0.25, 0.3) is 0 Å². The highest BCUT2D eigenvalue weighted by atomic mass is 35.5. The molecule has 0 aliphatic carbocycles. The van der Waals surface area contributed by atoms with Gasteiger partial charge < -0.3 is 9.74 Å². The summed E-state index contributed by atoms with van der Waals surface area (Å²) in [4.78, 5) is 2.85. The van der Waals surface area contributed by atoms with Gasteiger partial charge in [-0.15, -0.1) is 0 Å². The average molecular weight is 499 g/mol. The summed E-state index contributed by atoms with van der Waals surface area (Å²) in [5.41, 5.74) is 2.84. The molecule has 5 heteroatoms. The molecular formula is C29H43ClN2OSi. The number of halogens is 1. The molecule has 0 spiro atoms. The van der Waals surface area contributed by atoms with E-state index in [4.69, 9.17) is 16.0 Å². The fourth-order valence-corrected chi connectivity index (χ4v) is 7.07. The van der Waals surface area contributed by atoms with Crippen molar-refractivity contribution in [1.82, 2.24) is 10.2 Å². The Labute approximate surface area is 213 Å². The molecule has 2 unspecified atom stereocenters. The van der Waals surface area contributed by atoms with Gasteiger partial charge in [-0.05, 0) is 73.6 Å². The summed E-state index contributed by atoms with van der Waals surface area (Å²) in [7, 11) is -1.79. The van der Waals surface area contributed by atoms with Crippen LogP contribution in [0.5, 0.6) is 0 Å². The van der Waals surface area contributed by atoms with Crippen molar-refractivity contribution in [3.63, 3.8) is 0 Å². The fourth-order valence-electron chi connectivity index (χ4n) is 5.55. The van der Waals surface area contributed by atoms with Gasteiger partial charge in [-0.25, -0.2) is 0 Å². The van der Waals surface area contributed by atoms with Crippen molar-refractivity contribution in [2.45, 2.75) is 88.7 Å². The Kier molecular flexibility index (Phi) is 8.26. The second-order valence-corrected chi connectivity index (χ2v) is 17.0. The topological polar surface area (TPSA) is 24.5 Å². The quantitative estimate of drug-likeness (QED) is 0.439. The molecule has 0 bridgehead atoms. The lowest BCUT2D eigenvalue weighted by atomic mass is 9.82. The maximum Gasteiger partial charge on any atom is 0.192 e. The zero-order chi connectivity index (χ0) is 24.3. The van der Waals surface area contributed by atoms with E-state index in [1.165, 1.54) is 17.5 Å². The SMILES string of the molecule is CC(C)(C)[Si](C)(C)O[C@@H]1CCN(C2CCNCC2c2ccc(Cl)cc2)[C@H](Cc2ccccc2)C1. The summed E-state index contributed by atoms with van der Waals surface area (Å²) in [6, 6.07) is 20.6. The van der Waals surface area contributed by atoms with Crippen molar-refractivity contribution in [3.05, 3.63) is 70.7 Å². The summed E-state index contributed by atoms with van der Waals surface area (Å²) >= 11 is 6.21. The molecule has 186 valence electrons. The van der Waals surface area contributed by atoms with Gasteiger partial charge in [0.1, 0.15) is 0 Å². The number of nitrogens with zero attached hydrogens (tertiary/aromatic N) is 1. The minimum absolute atomic E-state index is 0.244. The molecular weight excluding hydrogens is 456 g/mol. The number of nitrogens with one attached hydrogen (secondary N) is 1. The Morgan fingerprint density at radius 1 is 1.03 bits per heavy atom. The molecule has 2 heterocycles. The van der Waals surface area contributed by atoms with E-state index in [9.17, 15) is 0 Å². The van der Waals surface area contributed by atoms with Crippen molar-refractivity contribution in [2.75, 3.05) is 19.6 Å². The maximum atomic E-state index is 6.96. The summed E-state index contributed by atoms with van der Waals surface area (Å²) in [6.45, 7) is 15.1. The molecule has 0 aromatic heterocycles. The van der Waals surface area contributed by atoms with Gasteiger partial charge >= 0.3 is 0 Å². The van der Waals surface area contributed by atoms with E-state index in [2.05, 4.69) is 86.5 Å². The standard InChI is InChI=1S/C29H43ClN2OSi/c1-29(2,3)34(4,5)33-26-16-18-32(25(20-26)19-22-9-7-6-8-10-22)28-15-17-31-21-27(28)23-11-13-24(30)14-12-23/h6-14,25-28,31H,15-21H2,1-5H3/t25-,26-,27?,28?/m1/s1. The van der Waals surface area contributed by atoms with E-state index in [0.29, 0.717) is 24.1 Å². The van der Waals surface area contributed by atoms with Crippen LogP contribution in [0.2, 0.25) is 23.2 Å². The monoisotopic (exact) mass is 498 g/mol. The summed E-state index contributed by atoms with van der Waals surface area (Å²) in [6.07, 6.45) is 4.90. The first-order chi connectivity index (χ1) is 16.1. The largest absolute Gasteiger partial charge is 0.414 e. The van der Waals surface area contributed by atoms with E-state index >= 15 is 0 Å². The van der Waals surface area contributed by atoms with Gasteiger partial charge in [0.2, 0.25) is 0 Å². The minimum atomic E-state index is -1.79. The summed E-state index contributed by atoms with van der Waals surface area (Å²) < 4.78 is 6.96. The number of likely N-dealkylation sites (tertiary alicyclic amines) is 1. The second kappa shape index (κ2) is 10.8. The lowest BCUT2D eigenvalue weighted by Crippen LogP contribution is -2.57. The van der Waals surface area contributed by atoms with E-state index in [1.807, 2.05) is 12.1 Å². The van der Waals surface area contributed by atoms with Crippen LogP contribution in [0.1, 0.15) is 57.1 Å². The molecule has 34 heavy (non-hydrogen) atoms. The van der Waals surface area contributed by atoms with Crippen molar-refractivity contribution in [2.24, 2.45) is 0 Å². The van der Waals surface area contributed by atoms with Gasteiger partial charge in [-0.1, -0.05) is 74.8 Å². The highest BCUT2D eigenvalue weighted by Crippen LogP contribution is 2.40. The van der Waals surface area contributed by atoms with Gasteiger partial charge in [-0.2, -0.15) is 0 Å². The lowest BCUT2D eigenvalue weighted by molar-refractivity contribution is 0.00789. The Morgan fingerprint density at radius 2 is 1.74 bits per heavy atom. The number of rotatable bonds is 6. The van der Waals surface area contributed by atoms with E-state index in [1.54, 1.807) is 0 Å². The van der Waals surface area contributed by atoms with Crippen LogP contribution < -0.4 is 5.32 Å². The Hall–Kier alpha value is -1.17. The molecule has 2 aliphatic heterocycles. The number of benzene rings is 2. The van der Waals surface area contributed by atoms with Gasteiger partial charge in [0, 0.05) is 42.2 Å². The molecule has 3 nitrogen and oxygen atoms in total. The van der Waals surface area contributed by atoms with Crippen LogP contribution >= 0.6 is 11.6 Å². The minimum Gasteiger partial charge on any atom is -0.414 e. The van der Waals surface area contributed by atoms with E-state index in [-0.39, 0.29) is 5.04 Å². The van der Waals surface area contributed by atoms with Crippen molar-refractivity contribution in [1.29, 1.82) is 0 Å². The Morgan fingerprint density at radius 3 is 2.41 bits per heavy atom. The van der Waals surface area contributed by atoms with Crippen LogP contribution in [-0.4, -0.2) is 51.0 Å². The molecule has 4 rings (SSSR count). The molecule has 0 radical (unpaired) electrons. The third-order valence-electron chi connectivity index (χ3n) is 8.46. The van der Waals surface area contributed by atoms with Crippen LogP contribution in [0.15, 0.2) is 54.6 Å². The molecule has 0 amide bonds. The third kappa shape index (κ3) is 6.14. The third-order valence-corrected chi connectivity index (χ3v) is 13.3. The molecule has 2 fully saturated rings. The summed E-state index contributed by atoms with van der Waals surface area (Å²) in [5.74, 6) is 0.488. The molecule has 4 atom stereocenters. The Balaban J connectivity index is 1.57. The highest BCUT2D eigenvalue weighted by Gasteiger charge is 2.43. The predicted octanol–water partition coefficient (Wildman–Crippen LogP) is 6.88. The van der Waals surface area contributed by atoms with Gasteiger partial charge in [-0.3, -0.25) is 4.90 Å². The van der Waals surface area contributed by atoms with Gasteiger partial charge in [0.15, 0.2) is 8.32 Å². The Bertz CT molecular complexity index is 912. The zero-order valence-corrected chi connectivity index (χ0v) is 23.4. The maximum absolute atomic E-state index is 6.96. The normalized spacial score (nSPS) is 27.0. The van der Waals surface area contributed by atoms with E-state index in [0.717, 1.165) is 43.9 Å². The molecule has 0 saturated carbocycles.